The predicted octanol–water partition coefficient (Wildman–Crippen LogP) is 3.99. The first-order valence-corrected chi connectivity index (χ1v) is 11.8. The number of aryl methyl sites for hydroxylation is 1. The number of nitrogens with zero attached hydrogens (tertiary/aromatic N) is 1. The van der Waals surface area contributed by atoms with Crippen LogP contribution >= 0.6 is 11.8 Å². The number of hydrogen-bond acceptors (Lipinski definition) is 7. The summed E-state index contributed by atoms with van der Waals surface area (Å²) in [7, 11) is 4.72. The molecule has 0 N–H and O–H groups in total. The van der Waals surface area contributed by atoms with Crippen molar-refractivity contribution < 1.29 is 23.4 Å². The zero-order chi connectivity index (χ0) is 23.5. The molecule has 0 saturated carbocycles. The highest BCUT2D eigenvalue weighted by Crippen LogP contribution is 2.35. The van der Waals surface area contributed by atoms with Crippen molar-refractivity contribution in [2.45, 2.75) is 19.4 Å². The van der Waals surface area contributed by atoms with E-state index in [9.17, 15) is 9.59 Å². The van der Waals surface area contributed by atoms with E-state index < -0.39 is 5.63 Å². The first kappa shape index (κ1) is 23.0. The highest BCUT2D eigenvalue weighted by atomic mass is 32.2. The molecule has 1 amide bonds. The van der Waals surface area contributed by atoms with Gasteiger partial charge in [0.1, 0.15) is 22.8 Å². The maximum absolute atomic E-state index is 13.4. The molecule has 1 saturated heterocycles. The van der Waals surface area contributed by atoms with E-state index in [0.29, 0.717) is 40.1 Å². The second-order valence-electron chi connectivity index (χ2n) is 7.82. The maximum Gasteiger partial charge on any atom is 0.340 e. The fourth-order valence-electron chi connectivity index (χ4n) is 4.22. The summed E-state index contributed by atoms with van der Waals surface area (Å²) in [5.74, 6) is 3.39. The molecule has 1 aromatic heterocycles. The lowest BCUT2D eigenvalue weighted by Gasteiger charge is -2.36. The number of methoxy groups -OCH3 is 3. The van der Waals surface area contributed by atoms with Crippen LogP contribution in [0.3, 0.4) is 0 Å². The Balaban J connectivity index is 1.67. The molecule has 3 aromatic rings. The number of carbonyl (C=O) groups is 1. The van der Waals surface area contributed by atoms with Gasteiger partial charge in [0.15, 0.2) is 0 Å². The summed E-state index contributed by atoms with van der Waals surface area (Å²) in [6.45, 7) is 2.45. The number of rotatable bonds is 6. The van der Waals surface area contributed by atoms with E-state index in [-0.39, 0.29) is 18.4 Å². The van der Waals surface area contributed by atoms with Gasteiger partial charge in [0.05, 0.1) is 44.7 Å². The van der Waals surface area contributed by atoms with Gasteiger partial charge in [0.25, 0.3) is 0 Å². The number of benzene rings is 2. The number of fused-ring (bicyclic) bond motifs is 1. The van der Waals surface area contributed by atoms with Gasteiger partial charge in [-0.1, -0.05) is 12.1 Å². The molecule has 2 aromatic carbocycles. The summed E-state index contributed by atoms with van der Waals surface area (Å²) in [4.78, 5) is 28.2. The van der Waals surface area contributed by atoms with Crippen LogP contribution in [-0.2, 0) is 11.2 Å². The molecule has 0 unspecified atom stereocenters. The van der Waals surface area contributed by atoms with Crippen LogP contribution in [0, 0.1) is 6.92 Å². The topological polar surface area (TPSA) is 78.2 Å². The third-order valence-corrected chi connectivity index (χ3v) is 7.07. The smallest absolute Gasteiger partial charge is 0.340 e. The molecule has 33 heavy (non-hydrogen) atoms. The van der Waals surface area contributed by atoms with Gasteiger partial charge in [0, 0.05) is 30.2 Å². The van der Waals surface area contributed by atoms with Crippen molar-refractivity contribution >= 4 is 28.6 Å². The Morgan fingerprint density at radius 1 is 1.09 bits per heavy atom. The number of thioether (sulfide) groups is 1. The lowest BCUT2D eigenvalue weighted by molar-refractivity contribution is -0.132. The van der Waals surface area contributed by atoms with Gasteiger partial charge in [-0.2, -0.15) is 11.8 Å². The molecular formula is C25H27NO6S. The Morgan fingerprint density at radius 2 is 1.82 bits per heavy atom. The molecule has 1 aliphatic rings. The lowest BCUT2D eigenvalue weighted by atomic mass is 10.0. The molecule has 1 aliphatic heterocycles. The number of hydrogen-bond donors (Lipinski definition) is 0. The van der Waals surface area contributed by atoms with Gasteiger partial charge in [-0.15, -0.1) is 0 Å². The van der Waals surface area contributed by atoms with Crippen LogP contribution in [0.4, 0.5) is 0 Å². The van der Waals surface area contributed by atoms with E-state index in [0.717, 1.165) is 22.8 Å². The minimum absolute atomic E-state index is 0.0311. The van der Waals surface area contributed by atoms with Crippen LogP contribution in [-0.4, -0.2) is 50.2 Å². The Hall–Kier alpha value is -3.13. The molecule has 0 aliphatic carbocycles. The summed E-state index contributed by atoms with van der Waals surface area (Å²) < 4.78 is 21.6. The summed E-state index contributed by atoms with van der Waals surface area (Å²) in [6.07, 6.45) is -0.0311. The van der Waals surface area contributed by atoms with E-state index in [4.69, 9.17) is 18.6 Å². The molecule has 2 heterocycles. The average Bonchev–Trinajstić information content (AvgIpc) is 2.85. The minimum atomic E-state index is -0.518. The summed E-state index contributed by atoms with van der Waals surface area (Å²) >= 11 is 1.82. The lowest BCUT2D eigenvalue weighted by Crippen LogP contribution is -2.42. The quantitative estimate of drug-likeness (QED) is 0.505. The summed E-state index contributed by atoms with van der Waals surface area (Å²) in [6, 6.07) is 11.1. The minimum Gasteiger partial charge on any atom is -0.497 e. The molecule has 8 heteroatoms. The van der Waals surface area contributed by atoms with Crippen molar-refractivity contribution in [3.63, 3.8) is 0 Å². The molecule has 1 atom stereocenters. The second kappa shape index (κ2) is 9.79. The predicted molar refractivity (Wildman–Crippen MR) is 129 cm³/mol. The highest BCUT2D eigenvalue weighted by Gasteiger charge is 2.30. The number of carbonyl (C=O) groups excluding carboxylic acids is 1. The maximum atomic E-state index is 13.4. The van der Waals surface area contributed by atoms with Crippen LogP contribution in [0.5, 0.6) is 17.2 Å². The average molecular weight is 470 g/mol. The van der Waals surface area contributed by atoms with Gasteiger partial charge in [-0.25, -0.2) is 4.79 Å². The molecule has 0 spiro atoms. The molecular weight excluding hydrogens is 442 g/mol. The SMILES string of the molecule is COc1ccc([C@H]2CSCCN2C(=O)Cc2c(C)c3c(OC)cc(OC)cc3oc2=O)cc1. The third kappa shape index (κ3) is 4.53. The molecule has 174 valence electrons. The van der Waals surface area contributed by atoms with Crippen molar-refractivity contribution in [2.24, 2.45) is 0 Å². The monoisotopic (exact) mass is 469 g/mol. The largest absolute Gasteiger partial charge is 0.497 e. The Kier molecular flexibility index (Phi) is 6.83. The molecule has 7 nitrogen and oxygen atoms in total. The molecule has 4 rings (SSSR count). The molecule has 0 bridgehead atoms. The molecule has 1 fully saturated rings. The van der Waals surface area contributed by atoms with Crippen molar-refractivity contribution in [3.8, 4) is 17.2 Å². The summed E-state index contributed by atoms with van der Waals surface area (Å²) in [5, 5.41) is 0.668. The van der Waals surface area contributed by atoms with Crippen molar-refractivity contribution in [3.05, 3.63) is 63.5 Å². The third-order valence-electron chi connectivity index (χ3n) is 6.05. The van der Waals surface area contributed by atoms with E-state index in [1.807, 2.05) is 47.9 Å². The van der Waals surface area contributed by atoms with Crippen LogP contribution in [0.25, 0.3) is 11.0 Å². The first-order chi connectivity index (χ1) is 16.0. The Morgan fingerprint density at radius 3 is 2.48 bits per heavy atom. The zero-order valence-corrected chi connectivity index (χ0v) is 20.0. The molecule has 0 radical (unpaired) electrons. The number of amides is 1. The first-order valence-electron chi connectivity index (χ1n) is 10.7. The van der Waals surface area contributed by atoms with Crippen LogP contribution < -0.4 is 19.8 Å². The van der Waals surface area contributed by atoms with Crippen LogP contribution in [0.1, 0.15) is 22.7 Å². The van der Waals surface area contributed by atoms with Crippen LogP contribution in [0.15, 0.2) is 45.6 Å². The summed E-state index contributed by atoms with van der Waals surface area (Å²) in [5.41, 5.74) is 1.93. The fourth-order valence-corrected chi connectivity index (χ4v) is 5.31. The van der Waals surface area contributed by atoms with E-state index >= 15 is 0 Å². The van der Waals surface area contributed by atoms with Gasteiger partial charge < -0.3 is 23.5 Å². The normalized spacial score (nSPS) is 16.0. The second-order valence-corrected chi connectivity index (χ2v) is 8.97. The van der Waals surface area contributed by atoms with Gasteiger partial charge in [-0.3, -0.25) is 4.79 Å². The van der Waals surface area contributed by atoms with Crippen LogP contribution in [0.2, 0.25) is 0 Å². The Bertz CT molecular complexity index is 1220. The van der Waals surface area contributed by atoms with E-state index in [1.165, 1.54) is 7.11 Å². The van der Waals surface area contributed by atoms with Crippen molar-refractivity contribution in [1.82, 2.24) is 4.90 Å². The standard InChI is InChI=1S/C25H27NO6S/c1-15-19(25(28)32-22-12-18(30-3)11-21(31-4)24(15)22)13-23(27)26-9-10-33-14-20(26)16-5-7-17(29-2)8-6-16/h5-8,11-12,20H,9-10,13-14H2,1-4H3/t20-/m1/s1. The fraction of sp³-hybridized carbons (Fsp3) is 0.360. The Labute approximate surface area is 196 Å². The van der Waals surface area contributed by atoms with Crippen molar-refractivity contribution in [2.75, 3.05) is 39.4 Å². The van der Waals surface area contributed by atoms with E-state index in [2.05, 4.69) is 0 Å². The van der Waals surface area contributed by atoms with Gasteiger partial charge >= 0.3 is 5.63 Å². The van der Waals surface area contributed by atoms with Gasteiger partial charge in [0.2, 0.25) is 5.91 Å². The number of ether oxygens (including phenoxy) is 3. The van der Waals surface area contributed by atoms with Crippen molar-refractivity contribution in [1.29, 1.82) is 0 Å². The highest BCUT2D eigenvalue weighted by molar-refractivity contribution is 7.99. The van der Waals surface area contributed by atoms with E-state index in [1.54, 1.807) is 26.4 Å². The van der Waals surface area contributed by atoms with Gasteiger partial charge in [-0.05, 0) is 30.2 Å². The zero-order valence-electron chi connectivity index (χ0n) is 19.2.